The third-order valence-corrected chi connectivity index (χ3v) is 4.42. The Hall–Kier alpha value is -0.900. The lowest BCUT2D eigenvalue weighted by Crippen LogP contribution is -2.36. The number of amides is 1. The largest absolute Gasteiger partial charge is 0.370 e. The van der Waals surface area contributed by atoms with Gasteiger partial charge < -0.3 is 10.6 Å². The van der Waals surface area contributed by atoms with E-state index in [0.717, 1.165) is 58.2 Å². The van der Waals surface area contributed by atoms with Gasteiger partial charge in [-0.05, 0) is 57.7 Å². The molecule has 0 aromatic heterocycles. The fourth-order valence-corrected chi connectivity index (χ4v) is 3.23. The number of carbonyl (C=O) groups is 2. The third-order valence-electron chi connectivity index (χ3n) is 4.42. The first-order valence-corrected chi connectivity index (χ1v) is 7.18. The SMILES string of the molecule is NC(=O)CC1CCN(CCC2CCCC2=O)CC1. The van der Waals surface area contributed by atoms with Gasteiger partial charge in [-0.15, -0.1) is 0 Å². The first kappa shape index (κ1) is 13.5. The minimum atomic E-state index is -0.176. The molecule has 2 aliphatic rings. The summed E-state index contributed by atoms with van der Waals surface area (Å²) in [5, 5.41) is 0. The molecule has 0 spiro atoms. The Kier molecular flexibility index (Phi) is 4.75. The van der Waals surface area contributed by atoms with Crippen molar-refractivity contribution >= 4 is 11.7 Å². The first-order chi connectivity index (χ1) is 8.65. The number of primary amides is 1. The van der Waals surface area contributed by atoms with Crippen LogP contribution in [0.25, 0.3) is 0 Å². The van der Waals surface area contributed by atoms with Gasteiger partial charge in [0.15, 0.2) is 0 Å². The van der Waals surface area contributed by atoms with Gasteiger partial charge in [0.25, 0.3) is 0 Å². The van der Waals surface area contributed by atoms with Crippen LogP contribution in [0.2, 0.25) is 0 Å². The molecule has 1 aliphatic carbocycles. The van der Waals surface area contributed by atoms with E-state index in [4.69, 9.17) is 5.73 Å². The molecule has 4 heteroatoms. The number of carbonyl (C=O) groups excluding carboxylic acids is 2. The summed E-state index contributed by atoms with van der Waals surface area (Å²) in [4.78, 5) is 24.8. The van der Waals surface area contributed by atoms with Crippen LogP contribution < -0.4 is 5.73 Å². The topological polar surface area (TPSA) is 63.4 Å². The monoisotopic (exact) mass is 252 g/mol. The molecule has 1 aliphatic heterocycles. The summed E-state index contributed by atoms with van der Waals surface area (Å²) >= 11 is 0. The lowest BCUT2D eigenvalue weighted by molar-refractivity contribution is -0.121. The Morgan fingerprint density at radius 3 is 2.56 bits per heavy atom. The second kappa shape index (κ2) is 6.32. The number of ketones is 1. The number of rotatable bonds is 5. The third kappa shape index (κ3) is 3.80. The number of nitrogens with two attached hydrogens (primary N) is 1. The van der Waals surface area contributed by atoms with Crippen LogP contribution in [0.15, 0.2) is 0 Å². The number of hydrogen-bond donors (Lipinski definition) is 1. The molecule has 4 nitrogen and oxygen atoms in total. The second-order valence-electron chi connectivity index (χ2n) is 5.80. The van der Waals surface area contributed by atoms with E-state index in [-0.39, 0.29) is 5.91 Å². The van der Waals surface area contributed by atoms with E-state index in [1.807, 2.05) is 0 Å². The maximum Gasteiger partial charge on any atom is 0.217 e. The quantitative estimate of drug-likeness (QED) is 0.803. The fraction of sp³-hybridized carbons (Fsp3) is 0.857. The first-order valence-electron chi connectivity index (χ1n) is 7.18. The molecule has 1 heterocycles. The van der Waals surface area contributed by atoms with E-state index in [2.05, 4.69) is 4.90 Å². The van der Waals surface area contributed by atoms with Crippen LogP contribution in [0.1, 0.15) is 44.9 Å². The zero-order valence-corrected chi connectivity index (χ0v) is 11.1. The molecular formula is C14H24N2O2. The van der Waals surface area contributed by atoms with E-state index >= 15 is 0 Å². The summed E-state index contributed by atoms with van der Waals surface area (Å²) < 4.78 is 0. The summed E-state index contributed by atoms with van der Waals surface area (Å²) in [6, 6.07) is 0. The van der Waals surface area contributed by atoms with E-state index in [1.165, 1.54) is 0 Å². The Labute approximate surface area is 109 Å². The van der Waals surface area contributed by atoms with Crippen molar-refractivity contribution < 1.29 is 9.59 Å². The molecule has 2 fully saturated rings. The molecule has 0 radical (unpaired) electrons. The average molecular weight is 252 g/mol. The molecule has 2 N–H and O–H groups in total. The molecule has 1 saturated carbocycles. The maximum absolute atomic E-state index is 11.6. The lowest BCUT2D eigenvalue weighted by Gasteiger charge is -2.31. The van der Waals surface area contributed by atoms with Crippen LogP contribution in [0.5, 0.6) is 0 Å². The van der Waals surface area contributed by atoms with Crippen molar-refractivity contribution in [3.05, 3.63) is 0 Å². The number of Topliss-reactive ketones (excluding diaryl/α,β-unsaturated/α-hetero) is 1. The summed E-state index contributed by atoms with van der Waals surface area (Å²) in [7, 11) is 0. The van der Waals surface area contributed by atoms with Gasteiger partial charge in [-0.3, -0.25) is 9.59 Å². The van der Waals surface area contributed by atoms with E-state index in [9.17, 15) is 9.59 Å². The summed E-state index contributed by atoms with van der Waals surface area (Å²) in [6.45, 7) is 3.15. The molecule has 1 saturated heterocycles. The molecule has 1 atom stereocenters. The standard InChI is InChI=1S/C14H24N2O2/c15-14(18)10-11-4-7-16(8-5-11)9-6-12-2-1-3-13(12)17/h11-12H,1-10H2,(H2,15,18). The minimum Gasteiger partial charge on any atom is -0.370 e. The van der Waals surface area contributed by atoms with Crippen molar-refractivity contribution in [1.82, 2.24) is 4.90 Å². The summed E-state index contributed by atoms with van der Waals surface area (Å²) in [6.07, 6.45) is 6.68. The van der Waals surface area contributed by atoms with E-state index in [1.54, 1.807) is 0 Å². The number of nitrogens with zero attached hydrogens (tertiary/aromatic N) is 1. The molecular weight excluding hydrogens is 228 g/mol. The van der Waals surface area contributed by atoms with Crippen molar-refractivity contribution in [1.29, 1.82) is 0 Å². The van der Waals surface area contributed by atoms with Gasteiger partial charge in [0.1, 0.15) is 5.78 Å². The second-order valence-corrected chi connectivity index (χ2v) is 5.80. The Morgan fingerprint density at radius 1 is 1.28 bits per heavy atom. The molecule has 1 unspecified atom stereocenters. The van der Waals surface area contributed by atoms with Crippen LogP contribution in [-0.2, 0) is 9.59 Å². The van der Waals surface area contributed by atoms with Gasteiger partial charge in [0, 0.05) is 18.8 Å². The van der Waals surface area contributed by atoms with Crippen LogP contribution >= 0.6 is 0 Å². The minimum absolute atomic E-state index is 0.176. The summed E-state index contributed by atoms with van der Waals surface area (Å²) in [5.41, 5.74) is 5.22. The van der Waals surface area contributed by atoms with Crippen LogP contribution in [0.4, 0.5) is 0 Å². The van der Waals surface area contributed by atoms with Gasteiger partial charge in [-0.2, -0.15) is 0 Å². The van der Waals surface area contributed by atoms with Gasteiger partial charge in [0.2, 0.25) is 5.91 Å². The molecule has 0 bridgehead atoms. The Bertz CT molecular complexity index is 309. The predicted octanol–water partition coefficient (Wildman–Crippen LogP) is 1.33. The Morgan fingerprint density at radius 2 is 2.00 bits per heavy atom. The van der Waals surface area contributed by atoms with E-state index < -0.39 is 0 Å². The molecule has 0 aromatic carbocycles. The van der Waals surface area contributed by atoms with Crippen molar-refractivity contribution in [3.8, 4) is 0 Å². The smallest absolute Gasteiger partial charge is 0.217 e. The maximum atomic E-state index is 11.6. The average Bonchev–Trinajstić information content (AvgIpc) is 2.73. The summed E-state index contributed by atoms with van der Waals surface area (Å²) in [5.74, 6) is 1.10. The molecule has 102 valence electrons. The van der Waals surface area contributed by atoms with Crippen LogP contribution in [-0.4, -0.2) is 36.2 Å². The van der Waals surface area contributed by atoms with Crippen molar-refractivity contribution in [2.75, 3.05) is 19.6 Å². The Balaban J connectivity index is 1.64. The van der Waals surface area contributed by atoms with E-state index in [0.29, 0.717) is 24.0 Å². The molecule has 0 aromatic rings. The highest BCUT2D eigenvalue weighted by Crippen LogP contribution is 2.26. The number of likely N-dealkylation sites (tertiary alicyclic amines) is 1. The molecule has 1 amide bonds. The molecule has 18 heavy (non-hydrogen) atoms. The number of hydrogen-bond acceptors (Lipinski definition) is 3. The zero-order valence-electron chi connectivity index (χ0n) is 11.1. The highest BCUT2D eigenvalue weighted by atomic mass is 16.1. The van der Waals surface area contributed by atoms with Crippen LogP contribution in [0, 0.1) is 11.8 Å². The normalized spacial score (nSPS) is 26.7. The predicted molar refractivity (Wildman–Crippen MR) is 69.9 cm³/mol. The highest BCUT2D eigenvalue weighted by Gasteiger charge is 2.26. The van der Waals surface area contributed by atoms with Crippen molar-refractivity contribution in [2.24, 2.45) is 17.6 Å². The highest BCUT2D eigenvalue weighted by molar-refractivity contribution is 5.82. The van der Waals surface area contributed by atoms with Crippen molar-refractivity contribution in [3.63, 3.8) is 0 Å². The van der Waals surface area contributed by atoms with Crippen LogP contribution in [0.3, 0.4) is 0 Å². The van der Waals surface area contributed by atoms with Gasteiger partial charge >= 0.3 is 0 Å². The lowest BCUT2D eigenvalue weighted by atomic mass is 9.93. The van der Waals surface area contributed by atoms with Gasteiger partial charge in [-0.25, -0.2) is 0 Å². The molecule has 2 rings (SSSR count). The van der Waals surface area contributed by atoms with Gasteiger partial charge in [-0.1, -0.05) is 0 Å². The number of piperidine rings is 1. The van der Waals surface area contributed by atoms with Gasteiger partial charge in [0.05, 0.1) is 0 Å². The zero-order chi connectivity index (χ0) is 13.0. The van der Waals surface area contributed by atoms with Crippen molar-refractivity contribution in [2.45, 2.75) is 44.9 Å². The fourth-order valence-electron chi connectivity index (χ4n) is 3.23.